The number of fused-ring (bicyclic) bond motifs is 1. The molecular weight excluding hydrogens is 384 g/mol. The fraction of sp³-hybridized carbons (Fsp3) is 0.556. The summed E-state index contributed by atoms with van der Waals surface area (Å²) in [5.41, 5.74) is -0.925. The molecule has 0 saturated heterocycles. The van der Waals surface area contributed by atoms with Crippen molar-refractivity contribution in [3.63, 3.8) is 0 Å². The number of aryl methyl sites for hydroxylation is 1. The zero-order chi connectivity index (χ0) is 21.2. The van der Waals surface area contributed by atoms with Crippen LogP contribution in [0.3, 0.4) is 0 Å². The lowest BCUT2D eigenvalue weighted by molar-refractivity contribution is -0.144. The first-order valence-corrected chi connectivity index (χ1v) is 9.76. The summed E-state index contributed by atoms with van der Waals surface area (Å²) >= 11 is 0.849. The van der Waals surface area contributed by atoms with Gasteiger partial charge in [-0.3, -0.25) is 23.5 Å². The molecule has 0 bridgehead atoms. The number of thioether (sulfide) groups is 1. The summed E-state index contributed by atoms with van der Waals surface area (Å²) in [6.45, 7) is 7.02. The van der Waals surface area contributed by atoms with Gasteiger partial charge in [0.2, 0.25) is 0 Å². The predicted molar refractivity (Wildman–Crippen MR) is 106 cm³/mol. The van der Waals surface area contributed by atoms with Crippen LogP contribution in [0.25, 0.3) is 11.0 Å². The molecule has 9 nitrogen and oxygen atoms in total. The Kier molecular flexibility index (Phi) is 6.76. The van der Waals surface area contributed by atoms with Crippen molar-refractivity contribution in [3.05, 3.63) is 26.7 Å². The highest BCUT2D eigenvalue weighted by atomic mass is 32.2. The van der Waals surface area contributed by atoms with Crippen LogP contribution in [-0.4, -0.2) is 42.7 Å². The molecule has 0 amide bonds. The Labute approximate surface area is 166 Å². The molecule has 2 heterocycles. The third kappa shape index (κ3) is 4.32. The molecule has 28 heavy (non-hydrogen) atoms. The van der Waals surface area contributed by atoms with E-state index in [4.69, 9.17) is 4.74 Å². The fourth-order valence-electron chi connectivity index (χ4n) is 2.64. The SMILES string of the molecule is CCOC(=O)[C@H](Sc1nc(CC(C)C)nc2c1c(=O)n(C)c(=O)n2C)C(C)=O. The highest BCUT2D eigenvalue weighted by molar-refractivity contribution is 8.01. The monoisotopic (exact) mass is 408 g/mol. The summed E-state index contributed by atoms with van der Waals surface area (Å²) in [6, 6.07) is 0. The van der Waals surface area contributed by atoms with Gasteiger partial charge in [-0.05, 0) is 19.8 Å². The average molecular weight is 408 g/mol. The summed E-state index contributed by atoms with van der Waals surface area (Å²) < 4.78 is 7.19. The number of carbonyl (C=O) groups is 2. The fourth-order valence-corrected chi connectivity index (χ4v) is 3.65. The van der Waals surface area contributed by atoms with Gasteiger partial charge in [0, 0.05) is 20.5 Å². The van der Waals surface area contributed by atoms with Crippen LogP contribution >= 0.6 is 11.8 Å². The first-order chi connectivity index (χ1) is 13.1. The number of hydrogen-bond acceptors (Lipinski definition) is 8. The second-order valence-electron chi connectivity index (χ2n) is 6.81. The Hall–Kier alpha value is -2.49. The van der Waals surface area contributed by atoms with Gasteiger partial charge in [-0.2, -0.15) is 0 Å². The van der Waals surface area contributed by atoms with E-state index in [-0.39, 0.29) is 28.6 Å². The smallest absolute Gasteiger partial charge is 0.332 e. The number of nitrogens with zero attached hydrogens (tertiary/aromatic N) is 4. The molecule has 0 unspecified atom stereocenters. The quantitative estimate of drug-likeness (QED) is 0.287. The van der Waals surface area contributed by atoms with Crippen molar-refractivity contribution in [3.8, 4) is 0 Å². The van der Waals surface area contributed by atoms with Crippen molar-refractivity contribution >= 4 is 34.5 Å². The van der Waals surface area contributed by atoms with Gasteiger partial charge < -0.3 is 4.74 Å². The van der Waals surface area contributed by atoms with Crippen molar-refractivity contribution in [2.75, 3.05) is 6.61 Å². The van der Waals surface area contributed by atoms with Crippen LogP contribution in [0.2, 0.25) is 0 Å². The third-order valence-electron chi connectivity index (χ3n) is 4.00. The number of rotatable bonds is 7. The van der Waals surface area contributed by atoms with E-state index in [1.165, 1.54) is 25.6 Å². The summed E-state index contributed by atoms with van der Waals surface area (Å²) in [5, 5.41) is -0.880. The molecule has 1 atom stereocenters. The summed E-state index contributed by atoms with van der Waals surface area (Å²) in [7, 11) is 2.87. The van der Waals surface area contributed by atoms with Crippen LogP contribution in [0, 0.1) is 5.92 Å². The molecular formula is C18H24N4O5S. The van der Waals surface area contributed by atoms with Crippen LogP contribution in [-0.2, 0) is 34.8 Å². The Morgan fingerprint density at radius 3 is 2.32 bits per heavy atom. The standard InChI is InChI=1S/C18H24N4O5S/c1-7-27-17(25)13(10(4)23)28-15-12-14(19-11(20-15)8-9(2)3)21(5)18(26)22(6)16(12)24/h9,13H,7-8H2,1-6H3/t13-/m1/s1. The molecule has 0 spiro atoms. The van der Waals surface area contributed by atoms with Gasteiger partial charge >= 0.3 is 11.7 Å². The molecule has 0 aliphatic carbocycles. The first-order valence-electron chi connectivity index (χ1n) is 8.88. The molecule has 0 aromatic carbocycles. The zero-order valence-corrected chi connectivity index (χ0v) is 17.6. The van der Waals surface area contributed by atoms with E-state index < -0.39 is 28.3 Å². The van der Waals surface area contributed by atoms with Crippen molar-refractivity contribution in [2.45, 2.75) is 44.4 Å². The van der Waals surface area contributed by atoms with Crippen molar-refractivity contribution in [2.24, 2.45) is 20.0 Å². The minimum Gasteiger partial charge on any atom is -0.465 e. The second-order valence-corrected chi connectivity index (χ2v) is 7.90. The Morgan fingerprint density at radius 1 is 1.14 bits per heavy atom. The highest BCUT2D eigenvalue weighted by Crippen LogP contribution is 2.28. The van der Waals surface area contributed by atoms with Crippen LogP contribution in [0.1, 0.15) is 33.5 Å². The van der Waals surface area contributed by atoms with E-state index >= 15 is 0 Å². The van der Waals surface area contributed by atoms with Crippen LogP contribution < -0.4 is 11.2 Å². The molecule has 0 fully saturated rings. The number of ketones is 1. The summed E-state index contributed by atoms with van der Waals surface area (Å²) in [5.74, 6) is -0.451. The third-order valence-corrected chi connectivity index (χ3v) is 5.28. The second kappa shape index (κ2) is 8.68. The summed E-state index contributed by atoms with van der Waals surface area (Å²) in [4.78, 5) is 58.1. The lowest BCUT2D eigenvalue weighted by Crippen LogP contribution is -2.38. The number of Topliss-reactive ketones (excluding diaryl/α,β-unsaturated/α-hetero) is 1. The zero-order valence-electron chi connectivity index (χ0n) is 16.8. The van der Waals surface area contributed by atoms with Gasteiger partial charge in [-0.15, -0.1) is 0 Å². The van der Waals surface area contributed by atoms with Crippen LogP contribution in [0.15, 0.2) is 14.6 Å². The number of carbonyl (C=O) groups excluding carboxylic acids is 2. The number of aromatic nitrogens is 4. The molecule has 0 radical (unpaired) electrons. The molecule has 0 aliphatic rings. The van der Waals surface area contributed by atoms with E-state index in [1.807, 2.05) is 13.8 Å². The van der Waals surface area contributed by atoms with Gasteiger partial charge in [0.1, 0.15) is 16.2 Å². The molecule has 0 N–H and O–H groups in total. The number of ether oxygens (including phenoxy) is 1. The van der Waals surface area contributed by atoms with Crippen molar-refractivity contribution in [1.29, 1.82) is 0 Å². The van der Waals surface area contributed by atoms with Crippen molar-refractivity contribution < 1.29 is 14.3 Å². The van der Waals surface area contributed by atoms with Gasteiger partial charge in [0.05, 0.1) is 6.61 Å². The van der Waals surface area contributed by atoms with Gasteiger partial charge in [-0.25, -0.2) is 14.8 Å². The molecule has 2 aromatic heterocycles. The number of hydrogen-bond donors (Lipinski definition) is 0. The Bertz CT molecular complexity index is 1040. The molecule has 0 aliphatic heterocycles. The molecule has 2 rings (SSSR count). The first kappa shape index (κ1) is 21.8. The van der Waals surface area contributed by atoms with E-state index in [2.05, 4.69) is 9.97 Å². The van der Waals surface area contributed by atoms with E-state index in [0.717, 1.165) is 16.3 Å². The average Bonchev–Trinajstić information content (AvgIpc) is 2.61. The molecule has 2 aromatic rings. The lowest BCUT2D eigenvalue weighted by atomic mass is 10.1. The number of esters is 1. The minimum atomic E-state index is -1.16. The largest absolute Gasteiger partial charge is 0.465 e. The maximum Gasteiger partial charge on any atom is 0.332 e. The highest BCUT2D eigenvalue weighted by Gasteiger charge is 2.29. The Balaban J connectivity index is 2.78. The lowest BCUT2D eigenvalue weighted by Gasteiger charge is -2.15. The van der Waals surface area contributed by atoms with E-state index in [0.29, 0.717) is 12.2 Å². The maximum atomic E-state index is 12.8. The van der Waals surface area contributed by atoms with Gasteiger partial charge in [-0.1, -0.05) is 25.6 Å². The summed E-state index contributed by atoms with van der Waals surface area (Å²) in [6.07, 6.45) is 0.511. The maximum absolute atomic E-state index is 12.8. The van der Waals surface area contributed by atoms with Crippen LogP contribution in [0.4, 0.5) is 0 Å². The van der Waals surface area contributed by atoms with Crippen molar-refractivity contribution in [1.82, 2.24) is 19.1 Å². The molecule has 152 valence electrons. The van der Waals surface area contributed by atoms with E-state index in [9.17, 15) is 19.2 Å². The Morgan fingerprint density at radius 2 is 1.79 bits per heavy atom. The predicted octanol–water partition coefficient (Wildman–Crippen LogP) is 0.838. The van der Waals surface area contributed by atoms with E-state index in [1.54, 1.807) is 6.92 Å². The van der Waals surface area contributed by atoms with Gasteiger partial charge in [0.15, 0.2) is 16.7 Å². The topological polar surface area (TPSA) is 113 Å². The normalized spacial score (nSPS) is 12.4. The van der Waals surface area contributed by atoms with Gasteiger partial charge in [0.25, 0.3) is 5.56 Å². The molecule has 10 heteroatoms. The molecule has 0 saturated carbocycles. The minimum absolute atomic E-state index is 0.0951. The van der Waals surface area contributed by atoms with Crippen LogP contribution in [0.5, 0.6) is 0 Å².